The molecule has 1 aliphatic rings. The van der Waals surface area contributed by atoms with Crippen molar-refractivity contribution in [2.75, 3.05) is 30.7 Å². The number of carbonyl (C=O) groups is 2. The van der Waals surface area contributed by atoms with Crippen molar-refractivity contribution in [2.45, 2.75) is 43.6 Å². The predicted molar refractivity (Wildman–Crippen MR) is 139 cm³/mol. The molecule has 36 heavy (non-hydrogen) atoms. The Morgan fingerprint density at radius 2 is 1.89 bits per heavy atom. The first-order valence-corrected chi connectivity index (χ1v) is 14.0. The minimum Gasteiger partial charge on any atom is -0.456 e. The number of ether oxygens (including phenoxy) is 1. The Balaban J connectivity index is 1.70. The molecular formula is C24H29N3O7S2. The molecule has 3 aromatic rings. The number of anilines is 1. The highest BCUT2D eigenvalue weighted by molar-refractivity contribution is 8.00. The summed E-state index contributed by atoms with van der Waals surface area (Å²) in [6, 6.07) is 9.53. The maximum absolute atomic E-state index is 13.6. The van der Waals surface area contributed by atoms with Crippen LogP contribution in [0.2, 0.25) is 0 Å². The van der Waals surface area contributed by atoms with Gasteiger partial charge < -0.3 is 24.5 Å². The monoisotopic (exact) mass is 535 g/mol. The fraction of sp³-hybridized carbons (Fsp3) is 0.417. The van der Waals surface area contributed by atoms with E-state index in [1.807, 2.05) is 13.8 Å². The molecule has 1 aliphatic heterocycles. The standard InChI is InChI=1S/C24H29N3O7S2/c1-5-26(6-2)22(28)25-15-7-9-17-18-14-16(8-10-19(18)33-20(17)13-15)36(31,32)27-11-12-35-24(3,4)21(27)34-23(29)30/h7-10,13-14,21H,5-6,11-12H2,1-4H3,(H,25,28)(H,29,30)/t21-/m0/s1. The van der Waals surface area contributed by atoms with Crippen molar-refractivity contribution in [3.8, 4) is 0 Å². The van der Waals surface area contributed by atoms with Crippen LogP contribution in [0.25, 0.3) is 21.9 Å². The van der Waals surface area contributed by atoms with E-state index in [2.05, 4.69) is 5.32 Å². The minimum atomic E-state index is -4.08. The largest absolute Gasteiger partial charge is 0.507 e. The molecule has 4 rings (SSSR count). The Morgan fingerprint density at radius 3 is 2.56 bits per heavy atom. The summed E-state index contributed by atoms with van der Waals surface area (Å²) < 4.78 is 38.6. The number of thioether (sulfide) groups is 1. The zero-order chi connectivity index (χ0) is 26.3. The fourth-order valence-corrected chi connectivity index (χ4v) is 7.30. The molecule has 0 spiro atoms. The second-order valence-electron chi connectivity index (χ2n) is 8.88. The number of furan rings is 1. The molecule has 2 heterocycles. The highest BCUT2D eigenvalue weighted by atomic mass is 32.2. The molecule has 0 bridgehead atoms. The molecule has 2 aromatic carbocycles. The first kappa shape index (κ1) is 26.1. The van der Waals surface area contributed by atoms with E-state index in [1.54, 1.807) is 43.0 Å². The van der Waals surface area contributed by atoms with Crippen LogP contribution in [0.4, 0.5) is 15.3 Å². The van der Waals surface area contributed by atoms with Gasteiger partial charge in [0.2, 0.25) is 10.0 Å². The van der Waals surface area contributed by atoms with Crippen LogP contribution in [0.3, 0.4) is 0 Å². The number of sulfonamides is 1. The number of nitrogens with one attached hydrogen (secondary N) is 1. The molecule has 0 radical (unpaired) electrons. The Bertz CT molecular complexity index is 1410. The lowest BCUT2D eigenvalue weighted by Gasteiger charge is -2.43. The van der Waals surface area contributed by atoms with Crippen molar-refractivity contribution < 1.29 is 32.3 Å². The summed E-state index contributed by atoms with van der Waals surface area (Å²) in [6.45, 7) is 8.60. The first-order chi connectivity index (χ1) is 17.0. The Morgan fingerprint density at radius 1 is 1.17 bits per heavy atom. The van der Waals surface area contributed by atoms with Crippen molar-refractivity contribution in [3.05, 3.63) is 36.4 Å². The third-order valence-corrected chi connectivity index (χ3v) is 9.38. The summed E-state index contributed by atoms with van der Waals surface area (Å²) in [5, 5.41) is 13.4. The Labute approximate surface area is 213 Å². The van der Waals surface area contributed by atoms with Gasteiger partial charge in [-0.3, -0.25) is 0 Å². The van der Waals surface area contributed by atoms with E-state index in [9.17, 15) is 23.1 Å². The van der Waals surface area contributed by atoms with Crippen molar-refractivity contribution in [2.24, 2.45) is 0 Å². The summed E-state index contributed by atoms with van der Waals surface area (Å²) in [4.78, 5) is 25.4. The van der Waals surface area contributed by atoms with Crippen LogP contribution in [0, 0.1) is 0 Å². The molecule has 1 aromatic heterocycles. The molecule has 1 fully saturated rings. The number of urea groups is 1. The predicted octanol–water partition coefficient (Wildman–Crippen LogP) is 5.00. The van der Waals surface area contributed by atoms with Crippen LogP contribution < -0.4 is 5.32 Å². The van der Waals surface area contributed by atoms with Gasteiger partial charge in [-0.1, -0.05) is 0 Å². The summed E-state index contributed by atoms with van der Waals surface area (Å²) in [5.41, 5.74) is 1.55. The van der Waals surface area contributed by atoms with E-state index >= 15 is 0 Å². The van der Waals surface area contributed by atoms with Gasteiger partial charge in [-0.25, -0.2) is 18.0 Å². The van der Waals surface area contributed by atoms with Crippen LogP contribution in [-0.2, 0) is 14.8 Å². The number of carbonyl (C=O) groups excluding carboxylic acids is 1. The number of fused-ring (bicyclic) bond motifs is 3. The van der Waals surface area contributed by atoms with Gasteiger partial charge >= 0.3 is 12.2 Å². The number of amides is 2. The van der Waals surface area contributed by atoms with Crippen molar-refractivity contribution in [1.82, 2.24) is 9.21 Å². The lowest BCUT2D eigenvalue weighted by molar-refractivity contribution is -0.0166. The van der Waals surface area contributed by atoms with Crippen LogP contribution >= 0.6 is 11.8 Å². The molecule has 1 saturated heterocycles. The van der Waals surface area contributed by atoms with E-state index < -0.39 is 27.2 Å². The van der Waals surface area contributed by atoms with Gasteiger partial charge in [-0.2, -0.15) is 4.31 Å². The molecule has 0 unspecified atom stereocenters. The molecule has 1 atom stereocenters. The summed E-state index contributed by atoms with van der Waals surface area (Å²) in [5.74, 6) is 0.505. The van der Waals surface area contributed by atoms with Crippen molar-refractivity contribution >= 4 is 61.6 Å². The molecule has 10 nitrogen and oxygen atoms in total. The number of carboxylic acid groups (broad SMARTS) is 1. The van der Waals surface area contributed by atoms with Gasteiger partial charge in [0.25, 0.3) is 0 Å². The van der Waals surface area contributed by atoms with Crippen LogP contribution in [0.15, 0.2) is 45.7 Å². The number of rotatable bonds is 6. The molecule has 2 N–H and O–H groups in total. The maximum Gasteiger partial charge on any atom is 0.507 e. The fourth-order valence-electron chi connectivity index (χ4n) is 4.32. The molecule has 12 heteroatoms. The molecule has 0 saturated carbocycles. The van der Waals surface area contributed by atoms with E-state index in [0.717, 1.165) is 4.31 Å². The zero-order valence-electron chi connectivity index (χ0n) is 20.5. The third kappa shape index (κ3) is 4.84. The van der Waals surface area contributed by atoms with Gasteiger partial charge in [-0.15, -0.1) is 11.8 Å². The van der Waals surface area contributed by atoms with Crippen molar-refractivity contribution in [1.29, 1.82) is 0 Å². The average Bonchev–Trinajstić information content (AvgIpc) is 3.17. The smallest absolute Gasteiger partial charge is 0.456 e. The van der Waals surface area contributed by atoms with Gasteiger partial charge in [0.15, 0.2) is 6.23 Å². The second-order valence-corrected chi connectivity index (χ2v) is 12.5. The number of hydrogen-bond acceptors (Lipinski definition) is 7. The van der Waals surface area contributed by atoms with Crippen LogP contribution in [-0.4, -0.2) is 71.3 Å². The normalized spacial score (nSPS) is 18.3. The van der Waals surface area contributed by atoms with Gasteiger partial charge in [0, 0.05) is 47.9 Å². The quantitative estimate of drug-likeness (QED) is 0.422. The highest BCUT2D eigenvalue weighted by Crippen LogP contribution is 2.40. The summed E-state index contributed by atoms with van der Waals surface area (Å²) >= 11 is 1.46. The molecule has 194 valence electrons. The Kier molecular flexibility index (Phi) is 7.13. The number of nitrogens with zero attached hydrogens (tertiary/aromatic N) is 2. The highest BCUT2D eigenvalue weighted by Gasteiger charge is 2.47. The topological polar surface area (TPSA) is 129 Å². The summed E-state index contributed by atoms with van der Waals surface area (Å²) in [7, 11) is -4.08. The summed E-state index contributed by atoms with van der Waals surface area (Å²) in [6.07, 6.45) is -2.71. The van der Waals surface area contributed by atoms with E-state index in [4.69, 9.17) is 9.15 Å². The number of benzene rings is 2. The Hall–Kier alpha value is -2.96. The zero-order valence-corrected chi connectivity index (χ0v) is 22.1. The van der Waals surface area contributed by atoms with E-state index in [1.165, 1.54) is 23.9 Å². The number of hydrogen-bond donors (Lipinski definition) is 2. The van der Waals surface area contributed by atoms with E-state index in [0.29, 0.717) is 46.5 Å². The minimum absolute atomic E-state index is 0.0123. The average molecular weight is 536 g/mol. The van der Waals surface area contributed by atoms with Gasteiger partial charge in [0.1, 0.15) is 11.2 Å². The SMILES string of the molecule is CCN(CC)C(=O)Nc1ccc2c(c1)oc1ccc(S(=O)(=O)N3CCSC(C)(C)[C@@H]3OC(=O)O)cc12. The lowest BCUT2D eigenvalue weighted by Crippen LogP contribution is -2.56. The van der Waals surface area contributed by atoms with Gasteiger partial charge in [-0.05, 0) is 58.0 Å². The lowest BCUT2D eigenvalue weighted by atomic mass is 10.1. The van der Waals surface area contributed by atoms with Crippen LogP contribution in [0.1, 0.15) is 27.7 Å². The molecule has 2 amide bonds. The van der Waals surface area contributed by atoms with Crippen molar-refractivity contribution in [3.63, 3.8) is 0 Å². The van der Waals surface area contributed by atoms with Gasteiger partial charge in [0.05, 0.1) is 9.64 Å². The maximum atomic E-state index is 13.6. The molecular weight excluding hydrogens is 506 g/mol. The second kappa shape index (κ2) is 9.83. The van der Waals surface area contributed by atoms with Crippen LogP contribution in [0.5, 0.6) is 0 Å². The molecule has 0 aliphatic carbocycles. The third-order valence-electron chi connectivity index (χ3n) is 6.21. The van der Waals surface area contributed by atoms with E-state index in [-0.39, 0.29) is 17.5 Å². The first-order valence-electron chi connectivity index (χ1n) is 11.6.